The first-order valence-corrected chi connectivity index (χ1v) is 7.19. The third-order valence-electron chi connectivity index (χ3n) is 3.29. The first-order valence-electron chi connectivity index (χ1n) is 6.81. The van der Waals surface area contributed by atoms with Crippen molar-refractivity contribution in [2.24, 2.45) is 0 Å². The van der Waals surface area contributed by atoms with E-state index in [4.69, 9.17) is 16.3 Å². The van der Waals surface area contributed by atoms with E-state index in [0.717, 1.165) is 29.3 Å². The summed E-state index contributed by atoms with van der Waals surface area (Å²) in [5.41, 5.74) is 3.59. The Labute approximate surface area is 125 Å². The quantitative estimate of drug-likeness (QED) is 0.868. The largest absolute Gasteiger partial charge is 0.489 e. The van der Waals surface area contributed by atoms with Crippen LogP contribution in [0, 0.1) is 6.92 Å². The molecule has 2 nitrogen and oxygen atoms in total. The SMILES string of the molecule is CNCCc1ccccc1COc1ccc(Cl)c(C)c1. The number of halogens is 1. The Kier molecular flexibility index (Phi) is 5.45. The molecule has 2 aromatic carbocycles. The first-order chi connectivity index (χ1) is 9.70. The van der Waals surface area contributed by atoms with Gasteiger partial charge in [0.1, 0.15) is 12.4 Å². The Morgan fingerprint density at radius 2 is 1.85 bits per heavy atom. The summed E-state index contributed by atoms with van der Waals surface area (Å²) >= 11 is 6.02. The lowest BCUT2D eigenvalue weighted by Gasteiger charge is -2.11. The van der Waals surface area contributed by atoms with Crippen LogP contribution >= 0.6 is 11.6 Å². The van der Waals surface area contributed by atoms with Gasteiger partial charge in [0.25, 0.3) is 0 Å². The summed E-state index contributed by atoms with van der Waals surface area (Å²) in [6.07, 6.45) is 1.01. The maximum absolute atomic E-state index is 6.02. The van der Waals surface area contributed by atoms with E-state index in [-0.39, 0.29) is 0 Å². The highest BCUT2D eigenvalue weighted by Gasteiger charge is 2.03. The summed E-state index contributed by atoms with van der Waals surface area (Å²) in [7, 11) is 1.97. The van der Waals surface area contributed by atoms with Gasteiger partial charge in [-0.05, 0) is 61.8 Å². The van der Waals surface area contributed by atoms with Crippen molar-refractivity contribution >= 4 is 11.6 Å². The van der Waals surface area contributed by atoms with E-state index in [0.29, 0.717) is 6.61 Å². The van der Waals surface area contributed by atoms with Gasteiger partial charge in [-0.2, -0.15) is 0 Å². The molecule has 0 unspecified atom stereocenters. The molecule has 0 radical (unpaired) electrons. The molecular weight excluding hydrogens is 270 g/mol. The molecule has 0 aliphatic carbocycles. The van der Waals surface area contributed by atoms with E-state index < -0.39 is 0 Å². The Balaban J connectivity index is 2.04. The number of aryl methyl sites for hydroxylation is 1. The fraction of sp³-hybridized carbons (Fsp3) is 0.294. The molecule has 0 aromatic heterocycles. The van der Waals surface area contributed by atoms with Gasteiger partial charge >= 0.3 is 0 Å². The molecule has 0 saturated heterocycles. The maximum atomic E-state index is 6.02. The summed E-state index contributed by atoms with van der Waals surface area (Å²) in [4.78, 5) is 0. The van der Waals surface area contributed by atoms with Crippen LogP contribution in [0.2, 0.25) is 5.02 Å². The van der Waals surface area contributed by atoms with Crippen LogP contribution in [0.1, 0.15) is 16.7 Å². The topological polar surface area (TPSA) is 21.3 Å². The molecule has 3 heteroatoms. The van der Waals surface area contributed by atoms with Gasteiger partial charge in [-0.1, -0.05) is 35.9 Å². The van der Waals surface area contributed by atoms with Gasteiger partial charge in [0, 0.05) is 5.02 Å². The van der Waals surface area contributed by atoms with Crippen molar-refractivity contribution in [1.29, 1.82) is 0 Å². The summed E-state index contributed by atoms with van der Waals surface area (Å²) in [5.74, 6) is 0.857. The molecule has 0 atom stereocenters. The number of rotatable bonds is 6. The van der Waals surface area contributed by atoms with Gasteiger partial charge in [-0.3, -0.25) is 0 Å². The molecule has 0 spiro atoms. The van der Waals surface area contributed by atoms with E-state index in [9.17, 15) is 0 Å². The van der Waals surface area contributed by atoms with Gasteiger partial charge in [0.05, 0.1) is 0 Å². The van der Waals surface area contributed by atoms with Crippen LogP contribution in [0.4, 0.5) is 0 Å². The smallest absolute Gasteiger partial charge is 0.120 e. The number of likely N-dealkylation sites (N-methyl/N-ethyl adjacent to an activating group) is 1. The summed E-state index contributed by atoms with van der Waals surface area (Å²) in [6.45, 7) is 3.54. The van der Waals surface area contributed by atoms with Crippen LogP contribution in [0.15, 0.2) is 42.5 Å². The molecule has 0 fully saturated rings. The van der Waals surface area contributed by atoms with Crippen molar-refractivity contribution in [2.45, 2.75) is 20.0 Å². The minimum absolute atomic E-state index is 0.584. The molecule has 106 valence electrons. The zero-order valence-corrected chi connectivity index (χ0v) is 12.7. The first kappa shape index (κ1) is 14.9. The third kappa shape index (κ3) is 3.99. The molecule has 0 amide bonds. The highest BCUT2D eigenvalue weighted by Crippen LogP contribution is 2.22. The predicted molar refractivity (Wildman–Crippen MR) is 84.6 cm³/mol. The molecule has 20 heavy (non-hydrogen) atoms. The van der Waals surface area contributed by atoms with E-state index in [1.807, 2.05) is 32.2 Å². The summed E-state index contributed by atoms with van der Waals surface area (Å²) < 4.78 is 5.87. The molecule has 0 aliphatic rings. The molecular formula is C17H20ClNO. The Bertz CT molecular complexity index is 569. The van der Waals surface area contributed by atoms with E-state index in [2.05, 4.69) is 29.6 Å². The monoisotopic (exact) mass is 289 g/mol. The van der Waals surface area contributed by atoms with Gasteiger partial charge in [-0.15, -0.1) is 0 Å². The van der Waals surface area contributed by atoms with Crippen LogP contribution in [0.25, 0.3) is 0 Å². The fourth-order valence-corrected chi connectivity index (χ4v) is 2.19. The Hall–Kier alpha value is -1.51. The van der Waals surface area contributed by atoms with Crippen LogP contribution in [-0.4, -0.2) is 13.6 Å². The second-order valence-corrected chi connectivity index (χ2v) is 5.23. The molecule has 0 saturated carbocycles. The zero-order chi connectivity index (χ0) is 14.4. The molecule has 0 aliphatic heterocycles. The number of benzene rings is 2. The zero-order valence-electron chi connectivity index (χ0n) is 11.9. The van der Waals surface area contributed by atoms with Crippen LogP contribution in [0.3, 0.4) is 0 Å². The molecule has 0 heterocycles. The minimum Gasteiger partial charge on any atom is -0.489 e. The lowest BCUT2D eigenvalue weighted by Crippen LogP contribution is -2.12. The average Bonchev–Trinajstić information content (AvgIpc) is 2.47. The average molecular weight is 290 g/mol. The van der Waals surface area contributed by atoms with Gasteiger partial charge in [0.15, 0.2) is 0 Å². The molecule has 0 bridgehead atoms. The van der Waals surface area contributed by atoms with Gasteiger partial charge in [-0.25, -0.2) is 0 Å². The fourth-order valence-electron chi connectivity index (χ4n) is 2.07. The van der Waals surface area contributed by atoms with Crippen molar-refractivity contribution in [3.8, 4) is 5.75 Å². The van der Waals surface area contributed by atoms with Crippen molar-refractivity contribution < 1.29 is 4.74 Å². The predicted octanol–water partition coefficient (Wildman–Crippen LogP) is 3.99. The van der Waals surface area contributed by atoms with E-state index in [1.165, 1.54) is 11.1 Å². The van der Waals surface area contributed by atoms with Crippen molar-refractivity contribution in [1.82, 2.24) is 5.32 Å². The third-order valence-corrected chi connectivity index (χ3v) is 3.71. The standard InChI is InChI=1S/C17H20ClNO/c1-13-11-16(7-8-17(13)18)20-12-15-6-4-3-5-14(15)9-10-19-2/h3-8,11,19H,9-10,12H2,1-2H3. The lowest BCUT2D eigenvalue weighted by molar-refractivity contribution is 0.305. The second kappa shape index (κ2) is 7.32. The van der Waals surface area contributed by atoms with Crippen LogP contribution < -0.4 is 10.1 Å². The second-order valence-electron chi connectivity index (χ2n) is 4.82. The summed E-state index contributed by atoms with van der Waals surface area (Å²) in [5, 5.41) is 3.95. The van der Waals surface area contributed by atoms with E-state index in [1.54, 1.807) is 0 Å². The number of nitrogens with one attached hydrogen (secondary N) is 1. The number of hydrogen-bond donors (Lipinski definition) is 1. The Morgan fingerprint density at radius 1 is 1.10 bits per heavy atom. The van der Waals surface area contributed by atoms with Gasteiger partial charge < -0.3 is 10.1 Å². The number of ether oxygens (including phenoxy) is 1. The molecule has 2 aromatic rings. The van der Waals surface area contributed by atoms with Gasteiger partial charge in [0.2, 0.25) is 0 Å². The number of hydrogen-bond acceptors (Lipinski definition) is 2. The van der Waals surface area contributed by atoms with Crippen molar-refractivity contribution in [3.63, 3.8) is 0 Å². The molecule has 2 rings (SSSR count). The Morgan fingerprint density at radius 3 is 2.55 bits per heavy atom. The lowest BCUT2D eigenvalue weighted by atomic mass is 10.1. The van der Waals surface area contributed by atoms with Crippen LogP contribution in [-0.2, 0) is 13.0 Å². The highest BCUT2D eigenvalue weighted by atomic mass is 35.5. The highest BCUT2D eigenvalue weighted by molar-refractivity contribution is 6.31. The minimum atomic E-state index is 0.584. The van der Waals surface area contributed by atoms with Crippen molar-refractivity contribution in [3.05, 3.63) is 64.2 Å². The van der Waals surface area contributed by atoms with Crippen LogP contribution in [0.5, 0.6) is 5.75 Å². The normalized spacial score (nSPS) is 10.6. The maximum Gasteiger partial charge on any atom is 0.120 e. The van der Waals surface area contributed by atoms with E-state index >= 15 is 0 Å². The molecule has 1 N–H and O–H groups in total. The van der Waals surface area contributed by atoms with Crippen molar-refractivity contribution in [2.75, 3.05) is 13.6 Å². The summed E-state index contributed by atoms with van der Waals surface area (Å²) in [6, 6.07) is 14.1.